The van der Waals surface area contributed by atoms with E-state index in [1.54, 1.807) is 54.6 Å². The third kappa shape index (κ3) is 7.83. The van der Waals surface area contributed by atoms with Gasteiger partial charge in [0.2, 0.25) is 0 Å². The molecule has 138 valence electrons. The normalized spacial score (nSPS) is 9.07. The van der Waals surface area contributed by atoms with E-state index < -0.39 is 0 Å². The van der Waals surface area contributed by atoms with Gasteiger partial charge in [-0.3, -0.25) is 0 Å². The highest BCUT2D eigenvalue weighted by Gasteiger charge is 1.98. The first kappa shape index (κ1) is 22.0. The van der Waals surface area contributed by atoms with Gasteiger partial charge >= 0.3 is 0 Å². The van der Waals surface area contributed by atoms with E-state index in [2.05, 4.69) is 4.98 Å². The van der Waals surface area contributed by atoms with Crippen molar-refractivity contribution in [3.63, 3.8) is 0 Å². The first-order valence-corrected chi connectivity index (χ1v) is 8.09. The van der Waals surface area contributed by atoms with Crippen molar-refractivity contribution in [2.24, 2.45) is 0 Å². The third-order valence-electron chi connectivity index (χ3n) is 3.35. The molecule has 0 atom stereocenters. The third-order valence-corrected chi connectivity index (χ3v) is 3.35. The van der Waals surface area contributed by atoms with E-state index in [1.807, 2.05) is 43.3 Å². The first-order valence-electron chi connectivity index (χ1n) is 8.09. The second kappa shape index (κ2) is 11.6. The van der Waals surface area contributed by atoms with Crippen LogP contribution in [0.5, 0.6) is 17.2 Å². The summed E-state index contributed by atoms with van der Waals surface area (Å²) in [7, 11) is 0. The molecule has 0 aliphatic carbocycles. The Balaban J connectivity index is 0.000000211. The maximum absolute atomic E-state index is 9.43. The molecule has 3 N–H and O–H groups in total. The van der Waals surface area contributed by atoms with Gasteiger partial charge in [-0.2, -0.15) is 0 Å². The maximum atomic E-state index is 9.43. The number of phenolic OH excluding ortho intramolecular Hbond substituents is 3. The van der Waals surface area contributed by atoms with Crippen LogP contribution in [0.15, 0.2) is 91.0 Å². The predicted molar refractivity (Wildman–Crippen MR) is 114 cm³/mol. The zero-order valence-corrected chi connectivity index (χ0v) is 14.4. The molecule has 0 bridgehead atoms. The fourth-order valence-corrected chi connectivity index (χ4v) is 2.08. The van der Waals surface area contributed by atoms with Crippen LogP contribution in [0.2, 0.25) is 0 Å². The van der Waals surface area contributed by atoms with Gasteiger partial charge in [0, 0.05) is 11.1 Å². The van der Waals surface area contributed by atoms with Crippen molar-refractivity contribution < 1.29 is 15.3 Å². The number of hydrogen-bond acceptors (Lipinski definition) is 4. The molecule has 1 aromatic heterocycles. The van der Waals surface area contributed by atoms with Crippen molar-refractivity contribution in [3.8, 4) is 17.2 Å². The van der Waals surface area contributed by atoms with Gasteiger partial charge in [0.05, 0.1) is 0 Å². The summed E-state index contributed by atoms with van der Waals surface area (Å²) in [6.07, 6.45) is 0. The van der Waals surface area contributed by atoms with Crippen molar-refractivity contribution in [3.05, 3.63) is 96.7 Å². The summed E-state index contributed by atoms with van der Waals surface area (Å²) in [5.74, 6) is 0.890. The molecule has 27 heavy (non-hydrogen) atoms. The second-order valence-corrected chi connectivity index (χ2v) is 5.47. The molecule has 0 saturated heterocycles. The SMILES string of the molecule is Cc1ccc2cccc(O)c2n1.Oc1ccccc1.Oc1ccccc1.[AlH3]. The number of benzene rings is 3. The zero-order valence-electron chi connectivity index (χ0n) is 14.4. The molecule has 4 aromatic rings. The predicted octanol–water partition coefficient (Wildman–Crippen LogP) is 3.85. The number of aromatic nitrogens is 1. The van der Waals surface area contributed by atoms with Crippen LogP contribution in [0.3, 0.4) is 0 Å². The summed E-state index contributed by atoms with van der Waals surface area (Å²) in [6.45, 7) is 1.91. The average Bonchev–Trinajstić information content (AvgIpc) is 2.65. The number of aryl methyl sites for hydroxylation is 1. The summed E-state index contributed by atoms with van der Waals surface area (Å²) < 4.78 is 0. The molecule has 0 aliphatic rings. The number of nitrogens with zero attached hydrogens (tertiary/aromatic N) is 1. The topological polar surface area (TPSA) is 73.6 Å². The molecule has 0 aliphatic heterocycles. The molecular formula is C22H24AlNO3. The van der Waals surface area contributed by atoms with E-state index in [0.29, 0.717) is 17.0 Å². The summed E-state index contributed by atoms with van der Waals surface area (Å²) in [4.78, 5) is 4.23. The average molecular weight is 377 g/mol. The van der Waals surface area contributed by atoms with Gasteiger partial charge in [-0.1, -0.05) is 54.6 Å². The van der Waals surface area contributed by atoms with E-state index in [1.165, 1.54) is 0 Å². The van der Waals surface area contributed by atoms with E-state index in [9.17, 15) is 5.11 Å². The summed E-state index contributed by atoms with van der Waals surface area (Å²) in [6, 6.07) is 26.7. The summed E-state index contributed by atoms with van der Waals surface area (Å²) >= 11 is 0. The number of pyridine rings is 1. The highest BCUT2D eigenvalue weighted by Crippen LogP contribution is 2.21. The van der Waals surface area contributed by atoms with Crippen LogP contribution in [0.4, 0.5) is 0 Å². The quantitative estimate of drug-likeness (QED) is 0.407. The Morgan fingerprint density at radius 1 is 0.593 bits per heavy atom. The highest BCUT2D eigenvalue weighted by atomic mass is 27.0. The maximum Gasteiger partial charge on any atom is 0.187 e. The van der Waals surface area contributed by atoms with E-state index >= 15 is 0 Å². The molecule has 0 spiro atoms. The van der Waals surface area contributed by atoms with Gasteiger partial charge in [0.1, 0.15) is 22.8 Å². The Kier molecular flexibility index (Phi) is 9.46. The number of phenols is 3. The molecule has 5 heteroatoms. The Hall–Kier alpha value is -3.00. The Morgan fingerprint density at radius 2 is 1.11 bits per heavy atom. The van der Waals surface area contributed by atoms with Crippen molar-refractivity contribution in [2.75, 3.05) is 0 Å². The zero-order chi connectivity index (χ0) is 18.8. The molecule has 0 saturated carbocycles. The van der Waals surface area contributed by atoms with Crippen molar-refractivity contribution in [1.82, 2.24) is 4.98 Å². The number of aromatic hydroxyl groups is 3. The van der Waals surface area contributed by atoms with Gasteiger partial charge in [0.15, 0.2) is 17.4 Å². The van der Waals surface area contributed by atoms with E-state index in [-0.39, 0.29) is 23.1 Å². The van der Waals surface area contributed by atoms with Crippen molar-refractivity contribution >= 4 is 28.3 Å². The molecule has 3 aromatic carbocycles. The molecular weight excluding hydrogens is 353 g/mol. The Morgan fingerprint density at radius 3 is 1.56 bits per heavy atom. The minimum Gasteiger partial charge on any atom is -0.508 e. The van der Waals surface area contributed by atoms with Gasteiger partial charge in [0.25, 0.3) is 0 Å². The molecule has 0 unspecified atom stereocenters. The van der Waals surface area contributed by atoms with Gasteiger partial charge in [-0.25, -0.2) is 4.98 Å². The fourth-order valence-electron chi connectivity index (χ4n) is 2.08. The lowest BCUT2D eigenvalue weighted by molar-refractivity contribution is 0.475. The summed E-state index contributed by atoms with van der Waals surface area (Å²) in [5, 5.41) is 27.7. The minimum absolute atomic E-state index is 0. The van der Waals surface area contributed by atoms with Gasteiger partial charge < -0.3 is 15.3 Å². The van der Waals surface area contributed by atoms with Crippen LogP contribution in [0.25, 0.3) is 10.9 Å². The van der Waals surface area contributed by atoms with Gasteiger partial charge in [-0.15, -0.1) is 0 Å². The monoisotopic (exact) mass is 377 g/mol. The van der Waals surface area contributed by atoms with Crippen LogP contribution < -0.4 is 0 Å². The number of para-hydroxylation sites is 3. The first-order chi connectivity index (χ1) is 12.6. The Labute approximate surface area is 169 Å². The van der Waals surface area contributed by atoms with Crippen LogP contribution in [-0.4, -0.2) is 37.7 Å². The van der Waals surface area contributed by atoms with E-state index in [0.717, 1.165) is 11.1 Å². The lowest BCUT2D eigenvalue weighted by atomic mass is 10.2. The van der Waals surface area contributed by atoms with Crippen LogP contribution in [0, 0.1) is 6.92 Å². The standard InChI is InChI=1S/C10H9NO.2C6H6O.Al.3H/c1-7-5-6-8-3-2-4-9(12)10(8)11-7;2*7-6-4-2-1-3-5-6;;;;/h2-6,12H,1H3;2*1-5,7H;;;;. The smallest absolute Gasteiger partial charge is 0.187 e. The van der Waals surface area contributed by atoms with Crippen molar-refractivity contribution in [2.45, 2.75) is 6.92 Å². The highest BCUT2D eigenvalue weighted by molar-refractivity contribution is 5.84. The molecule has 0 fully saturated rings. The van der Waals surface area contributed by atoms with E-state index in [4.69, 9.17) is 10.2 Å². The Bertz CT molecular complexity index is 894. The number of fused-ring (bicyclic) bond motifs is 1. The second-order valence-electron chi connectivity index (χ2n) is 5.47. The minimum atomic E-state index is 0. The largest absolute Gasteiger partial charge is 0.508 e. The van der Waals surface area contributed by atoms with Crippen LogP contribution in [-0.2, 0) is 0 Å². The molecule has 1 heterocycles. The van der Waals surface area contributed by atoms with Crippen LogP contribution >= 0.6 is 0 Å². The molecule has 4 rings (SSSR count). The molecule has 0 amide bonds. The van der Waals surface area contributed by atoms with Gasteiger partial charge in [-0.05, 0) is 43.3 Å². The fraction of sp³-hybridized carbons (Fsp3) is 0.0455. The molecule has 0 radical (unpaired) electrons. The van der Waals surface area contributed by atoms with Crippen LogP contribution in [0.1, 0.15) is 5.69 Å². The molecule has 4 nitrogen and oxygen atoms in total. The number of hydrogen-bond donors (Lipinski definition) is 3. The summed E-state index contributed by atoms with van der Waals surface area (Å²) in [5.41, 5.74) is 1.60. The lowest BCUT2D eigenvalue weighted by Crippen LogP contribution is -1.82. The number of rotatable bonds is 0. The lowest BCUT2D eigenvalue weighted by Gasteiger charge is -1.99. The van der Waals surface area contributed by atoms with Crippen molar-refractivity contribution in [1.29, 1.82) is 0 Å².